The van der Waals surface area contributed by atoms with Crippen LogP contribution in [0.1, 0.15) is 33.9 Å². The van der Waals surface area contributed by atoms with Gasteiger partial charge in [-0.05, 0) is 43.0 Å². The van der Waals surface area contributed by atoms with Crippen LogP contribution in [-0.2, 0) is 9.59 Å². The Kier molecular flexibility index (Phi) is 7.57. The summed E-state index contributed by atoms with van der Waals surface area (Å²) in [7, 11) is 0. The molecular weight excluding hydrogens is 386 g/mol. The molecule has 0 aliphatic carbocycles. The average molecular weight is 416 g/mol. The number of benzene rings is 3. The van der Waals surface area contributed by atoms with Gasteiger partial charge in [0.25, 0.3) is 0 Å². The predicted octanol–water partition coefficient (Wildman–Crippen LogP) is 4.05. The van der Waals surface area contributed by atoms with Gasteiger partial charge in [-0.15, -0.1) is 0 Å². The number of hydrogen-bond acceptors (Lipinski definition) is 3. The van der Waals surface area contributed by atoms with E-state index in [2.05, 4.69) is 40.2 Å². The Morgan fingerprint density at radius 2 is 1.32 bits per heavy atom. The summed E-state index contributed by atoms with van der Waals surface area (Å²) in [6, 6.07) is 24.0. The van der Waals surface area contributed by atoms with Gasteiger partial charge in [-0.1, -0.05) is 78.4 Å². The molecule has 0 aliphatic heterocycles. The summed E-state index contributed by atoms with van der Waals surface area (Å²) in [5.74, 6) is -0.478. The van der Waals surface area contributed by atoms with Crippen LogP contribution in [0.15, 0.2) is 72.8 Å². The van der Waals surface area contributed by atoms with E-state index >= 15 is 0 Å². The fraction of sp³-hybridized carbons (Fsp3) is 0.231. The SMILES string of the molecule is Cc1ccc([C@@H](NCC(=O)NCC(=O)Nc2c(C)cccc2C)c2ccccc2)cc1. The number of nitrogens with one attached hydrogen (secondary N) is 3. The molecule has 2 amide bonds. The Bertz CT molecular complexity index is 1010. The van der Waals surface area contributed by atoms with E-state index in [4.69, 9.17) is 0 Å². The van der Waals surface area contributed by atoms with E-state index < -0.39 is 0 Å². The van der Waals surface area contributed by atoms with Crippen molar-refractivity contribution in [2.75, 3.05) is 18.4 Å². The minimum absolute atomic E-state index is 0.0746. The molecule has 0 unspecified atom stereocenters. The van der Waals surface area contributed by atoms with Gasteiger partial charge in [0, 0.05) is 5.69 Å². The maximum Gasteiger partial charge on any atom is 0.243 e. The zero-order valence-corrected chi connectivity index (χ0v) is 18.2. The number of carbonyl (C=O) groups is 2. The van der Waals surface area contributed by atoms with Crippen LogP contribution in [0.4, 0.5) is 5.69 Å². The number of amides is 2. The smallest absolute Gasteiger partial charge is 0.243 e. The lowest BCUT2D eigenvalue weighted by molar-refractivity contribution is -0.123. The Balaban J connectivity index is 1.57. The highest BCUT2D eigenvalue weighted by Crippen LogP contribution is 2.22. The molecule has 0 spiro atoms. The zero-order valence-electron chi connectivity index (χ0n) is 18.2. The minimum atomic E-state index is -0.246. The van der Waals surface area contributed by atoms with Crippen molar-refractivity contribution in [1.29, 1.82) is 0 Å². The molecule has 0 aromatic heterocycles. The van der Waals surface area contributed by atoms with Gasteiger partial charge in [0.1, 0.15) is 0 Å². The number of anilines is 1. The van der Waals surface area contributed by atoms with E-state index in [9.17, 15) is 9.59 Å². The van der Waals surface area contributed by atoms with E-state index in [0.29, 0.717) is 0 Å². The van der Waals surface area contributed by atoms with Crippen molar-refractivity contribution < 1.29 is 9.59 Å². The van der Waals surface area contributed by atoms with Crippen LogP contribution in [0.3, 0.4) is 0 Å². The van der Waals surface area contributed by atoms with Crippen LogP contribution in [-0.4, -0.2) is 24.9 Å². The maximum atomic E-state index is 12.4. The third-order valence-electron chi connectivity index (χ3n) is 5.20. The molecular formula is C26H29N3O2. The van der Waals surface area contributed by atoms with Crippen molar-refractivity contribution in [3.05, 3.63) is 101 Å². The molecule has 0 saturated heterocycles. The van der Waals surface area contributed by atoms with Crippen LogP contribution in [0.5, 0.6) is 0 Å². The Hall–Kier alpha value is -3.44. The Morgan fingerprint density at radius 1 is 0.710 bits per heavy atom. The van der Waals surface area contributed by atoms with Crippen LogP contribution in [0, 0.1) is 20.8 Å². The van der Waals surface area contributed by atoms with Gasteiger partial charge in [0.15, 0.2) is 0 Å². The Labute approximate surface area is 183 Å². The lowest BCUT2D eigenvalue weighted by atomic mass is 9.98. The van der Waals surface area contributed by atoms with Gasteiger partial charge >= 0.3 is 0 Å². The maximum absolute atomic E-state index is 12.4. The van der Waals surface area contributed by atoms with Gasteiger partial charge < -0.3 is 10.6 Å². The first-order valence-corrected chi connectivity index (χ1v) is 10.4. The number of aryl methyl sites for hydroxylation is 3. The molecule has 0 radical (unpaired) electrons. The highest BCUT2D eigenvalue weighted by molar-refractivity contribution is 5.95. The van der Waals surface area contributed by atoms with E-state index in [0.717, 1.165) is 27.9 Å². The van der Waals surface area contributed by atoms with Crippen molar-refractivity contribution in [1.82, 2.24) is 10.6 Å². The molecule has 3 rings (SSSR count). The van der Waals surface area contributed by atoms with E-state index in [1.54, 1.807) is 0 Å². The number of carbonyl (C=O) groups excluding carboxylic acids is 2. The van der Waals surface area contributed by atoms with Crippen LogP contribution >= 0.6 is 0 Å². The van der Waals surface area contributed by atoms with Gasteiger partial charge in [-0.3, -0.25) is 14.9 Å². The molecule has 0 aliphatic rings. The Morgan fingerprint density at radius 3 is 1.97 bits per heavy atom. The molecule has 1 atom stereocenters. The van der Waals surface area contributed by atoms with Gasteiger partial charge in [-0.2, -0.15) is 0 Å². The molecule has 0 saturated carbocycles. The topological polar surface area (TPSA) is 70.2 Å². The quantitative estimate of drug-likeness (QED) is 0.520. The first kappa shape index (κ1) is 22.2. The molecule has 3 aromatic rings. The van der Waals surface area contributed by atoms with Gasteiger partial charge in [-0.25, -0.2) is 0 Å². The zero-order chi connectivity index (χ0) is 22.2. The molecule has 5 nitrogen and oxygen atoms in total. The molecule has 160 valence electrons. The lowest BCUT2D eigenvalue weighted by Crippen LogP contribution is -2.39. The normalized spacial score (nSPS) is 11.6. The lowest BCUT2D eigenvalue weighted by Gasteiger charge is -2.20. The molecule has 31 heavy (non-hydrogen) atoms. The van der Waals surface area contributed by atoms with Crippen LogP contribution in [0.2, 0.25) is 0 Å². The molecule has 3 N–H and O–H groups in total. The standard InChI is InChI=1S/C26H29N3O2/c1-18-12-14-22(15-13-18)26(21-10-5-4-6-11-21)28-16-23(30)27-17-24(31)29-25-19(2)8-7-9-20(25)3/h4-15,26,28H,16-17H2,1-3H3,(H,27,30)(H,29,31)/t26-/m0/s1. The highest BCUT2D eigenvalue weighted by atomic mass is 16.2. The van der Waals surface area contributed by atoms with Gasteiger partial charge in [0.05, 0.1) is 19.1 Å². The van der Waals surface area contributed by atoms with Gasteiger partial charge in [0.2, 0.25) is 11.8 Å². The minimum Gasteiger partial charge on any atom is -0.346 e. The number of hydrogen-bond donors (Lipinski definition) is 3. The first-order valence-electron chi connectivity index (χ1n) is 10.4. The van der Waals surface area contributed by atoms with Crippen molar-refractivity contribution in [3.8, 4) is 0 Å². The second kappa shape index (κ2) is 10.5. The highest BCUT2D eigenvalue weighted by Gasteiger charge is 2.15. The number of rotatable bonds is 8. The molecule has 5 heteroatoms. The summed E-state index contributed by atoms with van der Waals surface area (Å²) in [5.41, 5.74) is 6.12. The molecule has 3 aromatic carbocycles. The second-order valence-electron chi connectivity index (χ2n) is 7.73. The fourth-order valence-corrected chi connectivity index (χ4v) is 3.46. The van der Waals surface area contributed by atoms with E-state index in [1.807, 2.05) is 69.3 Å². The summed E-state index contributed by atoms with van der Waals surface area (Å²) < 4.78 is 0. The van der Waals surface area contributed by atoms with E-state index in [1.165, 1.54) is 5.56 Å². The summed E-state index contributed by atoms with van der Waals surface area (Å²) in [6.45, 7) is 5.96. The second-order valence-corrected chi connectivity index (χ2v) is 7.73. The first-order chi connectivity index (χ1) is 14.9. The third kappa shape index (κ3) is 6.27. The fourth-order valence-electron chi connectivity index (χ4n) is 3.46. The molecule has 0 bridgehead atoms. The summed E-state index contributed by atoms with van der Waals surface area (Å²) in [5, 5.41) is 8.90. The van der Waals surface area contributed by atoms with Crippen molar-refractivity contribution >= 4 is 17.5 Å². The third-order valence-corrected chi connectivity index (χ3v) is 5.20. The summed E-state index contributed by atoms with van der Waals surface area (Å²) in [6.07, 6.45) is 0. The average Bonchev–Trinajstić information content (AvgIpc) is 2.77. The van der Waals surface area contributed by atoms with E-state index in [-0.39, 0.29) is 30.9 Å². The largest absolute Gasteiger partial charge is 0.346 e. The molecule has 0 heterocycles. The van der Waals surface area contributed by atoms with Crippen LogP contribution < -0.4 is 16.0 Å². The van der Waals surface area contributed by atoms with Crippen molar-refractivity contribution in [2.45, 2.75) is 26.8 Å². The summed E-state index contributed by atoms with van der Waals surface area (Å²) in [4.78, 5) is 24.7. The summed E-state index contributed by atoms with van der Waals surface area (Å²) >= 11 is 0. The predicted molar refractivity (Wildman–Crippen MR) is 125 cm³/mol. The van der Waals surface area contributed by atoms with Crippen LogP contribution in [0.25, 0.3) is 0 Å². The van der Waals surface area contributed by atoms with Crippen molar-refractivity contribution in [3.63, 3.8) is 0 Å². The number of para-hydroxylation sites is 1. The van der Waals surface area contributed by atoms with Crippen molar-refractivity contribution in [2.24, 2.45) is 0 Å². The monoisotopic (exact) mass is 415 g/mol. The molecule has 0 fully saturated rings.